The molecule has 3 nitrogen and oxygen atoms in total. The van der Waals surface area contributed by atoms with Crippen LogP contribution in [-0.4, -0.2) is 31.8 Å². The molecule has 0 bridgehead atoms. The van der Waals surface area contributed by atoms with Crippen molar-refractivity contribution in [2.45, 2.75) is 11.6 Å². The topological polar surface area (TPSA) is 38.1 Å². The fraction of sp³-hybridized carbons (Fsp3) is 0.308. The molecule has 0 radical (unpaired) electrons. The number of imidazole rings is 1. The van der Waals surface area contributed by atoms with Crippen molar-refractivity contribution in [3.63, 3.8) is 0 Å². The van der Waals surface area contributed by atoms with Gasteiger partial charge in [-0.2, -0.15) is 11.8 Å². The summed E-state index contributed by atoms with van der Waals surface area (Å²) in [7, 11) is 0. The maximum atomic E-state index is 10.7. The van der Waals surface area contributed by atoms with Gasteiger partial charge in [-0.1, -0.05) is 24.3 Å². The minimum atomic E-state index is -0.604. The van der Waals surface area contributed by atoms with Gasteiger partial charge in [-0.3, -0.25) is 0 Å². The maximum Gasteiger partial charge on any atom is 0.107 e. The lowest BCUT2D eigenvalue weighted by Gasteiger charge is -2.41. The van der Waals surface area contributed by atoms with Crippen LogP contribution in [0.1, 0.15) is 11.6 Å². The molecular formula is C13H12N2OS. The summed E-state index contributed by atoms with van der Waals surface area (Å²) in [6, 6.07) is 8.35. The van der Waals surface area contributed by atoms with Gasteiger partial charge in [0.05, 0.1) is 24.3 Å². The number of hydrogen-bond acceptors (Lipinski definition) is 3. The molecule has 4 heteroatoms. The maximum absolute atomic E-state index is 10.7. The van der Waals surface area contributed by atoms with E-state index in [-0.39, 0.29) is 6.04 Å². The normalized spacial score (nSPS) is 23.9. The van der Waals surface area contributed by atoms with Crippen LogP contribution in [0.5, 0.6) is 0 Å². The minimum absolute atomic E-state index is 0.0393. The van der Waals surface area contributed by atoms with E-state index in [1.807, 2.05) is 24.7 Å². The molecule has 1 N–H and O–H groups in total. The average Bonchev–Trinajstić information content (AvgIpc) is 2.85. The summed E-state index contributed by atoms with van der Waals surface area (Å²) < 4.78 is 2.12. The first-order chi connectivity index (χ1) is 8.30. The molecule has 86 valence electrons. The molecule has 0 aliphatic carbocycles. The van der Waals surface area contributed by atoms with Crippen LogP contribution in [0.3, 0.4) is 0 Å². The molecule has 0 saturated carbocycles. The molecule has 1 aromatic carbocycles. The van der Waals surface area contributed by atoms with Crippen LogP contribution in [-0.2, 0) is 0 Å². The van der Waals surface area contributed by atoms with E-state index in [4.69, 9.17) is 0 Å². The van der Waals surface area contributed by atoms with Crippen molar-refractivity contribution >= 4 is 11.8 Å². The minimum Gasteiger partial charge on any atom is -0.386 e. The Labute approximate surface area is 103 Å². The first-order valence-electron chi connectivity index (χ1n) is 5.71. The summed E-state index contributed by atoms with van der Waals surface area (Å²) in [5.41, 5.74) is 2.95. The fourth-order valence-electron chi connectivity index (χ4n) is 2.85. The van der Waals surface area contributed by atoms with Gasteiger partial charge >= 0.3 is 0 Å². The Morgan fingerprint density at radius 3 is 2.94 bits per heavy atom. The number of rotatable bonds is 1. The number of fused-ring (bicyclic) bond motifs is 3. The molecule has 1 unspecified atom stereocenters. The van der Waals surface area contributed by atoms with Crippen LogP contribution in [0.15, 0.2) is 36.8 Å². The Hall–Kier alpha value is -1.26. The first kappa shape index (κ1) is 9.74. The van der Waals surface area contributed by atoms with Gasteiger partial charge in [0.15, 0.2) is 0 Å². The molecule has 3 heterocycles. The standard InChI is InChI=1S/C13H12N2OS/c16-13(6-17-7-13)12-10-4-2-1-3-9(10)11-5-14-8-15(11)12/h1-5,8,12,16H,6-7H2. The smallest absolute Gasteiger partial charge is 0.107 e. The third-order valence-electron chi connectivity index (χ3n) is 3.69. The second-order valence-electron chi connectivity index (χ2n) is 4.77. The number of hydrogen-bond donors (Lipinski definition) is 1. The number of nitrogens with zero attached hydrogens (tertiary/aromatic N) is 2. The molecule has 2 aliphatic heterocycles. The predicted molar refractivity (Wildman–Crippen MR) is 68.1 cm³/mol. The van der Waals surface area contributed by atoms with E-state index in [0.29, 0.717) is 0 Å². The van der Waals surface area contributed by atoms with Crippen molar-refractivity contribution in [3.05, 3.63) is 42.4 Å². The van der Waals surface area contributed by atoms with Crippen molar-refractivity contribution in [2.75, 3.05) is 11.5 Å². The van der Waals surface area contributed by atoms with Gasteiger partial charge in [0.2, 0.25) is 0 Å². The predicted octanol–water partition coefficient (Wildman–Crippen LogP) is 1.93. The largest absolute Gasteiger partial charge is 0.386 e. The zero-order valence-corrected chi connectivity index (χ0v) is 10.0. The Kier molecular flexibility index (Phi) is 1.80. The van der Waals surface area contributed by atoms with Crippen LogP contribution < -0.4 is 0 Å². The molecule has 0 amide bonds. The van der Waals surface area contributed by atoms with Crippen LogP contribution >= 0.6 is 11.8 Å². The van der Waals surface area contributed by atoms with Gasteiger partial charge in [0.1, 0.15) is 5.60 Å². The first-order valence-corrected chi connectivity index (χ1v) is 6.86. The molecule has 1 aromatic heterocycles. The highest BCUT2D eigenvalue weighted by molar-refractivity contribution is 8.00. The summed E-state index contributed by atoms with van der Waals surface area (Å²) in [4.78, 5) is 4.21. The Bertz CT molecular complexity index is 589. The van der Waals surface area contributed by atoms with Crippen molar-refractivity contribution in [1.29, 1.82) is 0 Å². The zero-order valence-electron chi connectivity index (χ0n) is 9.21. The molecule has 2 aromatic rings. The van der Waals surface area contributed by atoms with Gasteiger partial charge in [-0.05, 0) is 5.56 Å². The average molecular weight is 244 g/mol. The van der Waals surface area contributed by atoms with Crippen LogP contribution in [0.2, 0.25) is 0 Å². The van der Waals surface area contributed by atoms with E-state index in [0.717, 1.165) is 17.2 Å². The van der Waals surface area contributed by atoms with E-state index in [9.17, 15) is 5.11 Å². The zero-order chi connectivity index (χ0) is 11.5. The molecule has 17 heavy (non-hydrogen) atoms. The SMILES string of the molecule is OC1(C2c3ccccc3-c3cncn32)CSC1. The number of thioether (sulfide) groups is 1. The quantitative estimate of drug-likeness (QED) is 0.833. The summed E-state index contributed by atoms with van der Waals surface area (Å²) in [5, 5.41) is 10.7. The molecular weight excluding hydrogens is 232 g/mol. The molecule has 0 spiro atoms. The third-order valence-corrected chi connectivity index (χ3v) is 5.10. The van der Waals surface area contributed by atoms with Crippen molar-refractivity contribution in [1.82, 2.24) is 9.55 Å². The van der Waals surface area contributed by atoms with Crippen molar-refractivity contribution in [3.8, 4) is 11.3 Å². The van der Waals surface area contributed by atoms with Crippen molar-refractivity contribution < 1.29 is 5.11 Å². The monoisotopic (exact) mass is 244 g/mol. The van der Waals surface area contributed by atoms with Crippen LogP contribution in [0, 0.1) is 0 Å². The molecule has 1 saturated heterocycles. The van der Waals surface area contributed by atoms with Crippen molar-refractivity contribution in [2.24, 2.45) is 0 Å². The Morgan fingerprint density at radius 2 is 2.18 bits per heavy atom. The lowest BCUT2D eigenvalue weighted by molar-refractivity contribution is 0.0403. The number of aromatic nitrogens is 2. The summed E-state index contributed by atoms with van der Waals surface area (Å²) in [5.74, 6) is 1.62. The van der Waals surface area contributed by atoms with Gasteiger partial charge in [0, 0.05) is 17.1 Å². The molecule has 1 atom stereocenters. The number of aliphatic hydroxyl groups is 1. The van der Waals surface area contributed by atoms with Crippen LogP contribution in [0.25, 0.3) is 11.3 Å². The van der Waals surface area contributed by atoms with E-state index in [2.05, 4.69) is 21.7 Å². The highest BCUT2D eigenvalue weighted by Crippen LogP contribution is 2.49. The second-order valence-corrected chi connectivity index (χ2v) is 5.76. The Morgan fingerprint density at radius 1 is 1.35 bits per heavy atom. The van der Waals surface area contributed by atoms with Gasteiger partial charge in [-0.25, -0.2) is 4.98 Å². The van der Waals surface area contributed by atoms with E-state index in [1.54, 1.807) is 11.8 Å². The number of benzene rings is 1. The summed E-state index contributed by atoms with van der Waals surface area (Å²) in [6.45, 7) is 0. The highest BCUT2D eigenvalue weighted by Gasteiger charge is 2.48. The molecule has 1 fully saturated rings. The van der Waals surface area contributed by atoms with Crippen LogP contribution in [0.4, 0.5) is 0 Å². The highest BCUT2D eigenvalue weighted by atomic mass is 32.2. The second kappa shape index (κ2) is 3.15. The summed E-state index contributed by atoms with van der Waals surface area (Å²) >= 11 is 1.80. The van der Waals surface area contributed by atoms with E-state index in [1.165, 1.54) is 11.1 Å². The lowest BCUT2D eigenvalue weighted by atomic mass is 9.90. The van der Waals surface area contributed by atoms with Gasteiger partial charge < -0.3 is 9.67 Å². The molecule has 4 rings (SSSR count). The fourth-order valence-corrected chi connectivity index (χ4v) is 3.79. The van der Waals surface area contributed by atoms with Gasteiger partial charge in [0.25, 0.3) is 0 Å². The third kappa shape index (κ3) is 1.14. The lowest BCUT2D eigenvalue weighted by Crippen LogP contribution is -2.50. The summed E-state index contributed by atoms with van der Waals surface area (Å²) in [6.07, 6.45) is 3.72. The van der Waals surface area contributed by atoms with Gasteiger partial charge in [-0.15, -0.1) is 0 Å². The van der Waals surface area contributed by atoms with E-state index < -0.39 is 5.60 Å². The van der Waals surface area contributed by atoms with E-state index >= 15 is 0 Å². The molecule has 2 aliphatic rings. The Balaban J connectivity index is 1.96.